The largest absolute Gasteiger partial charge is 0.367 e. The number of nitrogens with one attached hydrogen (secondary N) is 1. The maximum atomic E-state index is 4.57. The van der Waals surface area contributed by atoms with Crippen LogP contribution in [0.25, 0.3) is 0 Å². The summed E-state index contributed by atoms with van der Waals surface area (Å²) >= 11 is 2.46. The summed E-state index contributed by atoms with van der Waals surface area (Å²) in [7, 11) is 2.02. The van der Waals surface area contributed by atoms with Gasteiger partial charge < -0.3 is 5.32 Å². The third kappa shape index (κ3) is 4.32. The minimum absolute atomic E-state index is 0.505. The van der Waals surface area contributed by atoms with Crippen molar-refractivity contribution in [1.29, 1.82) is 0 Å². The molecule has 1 unspecified atom stereocenters. The average molecular weight is 405 g/mol. The highest BCUT2D eigenvalue weighted by Crippen LogP contribution is 2.19. The van der Waals surface area contributed by atoms with Crippen LogP contribution in [0.4, 0.5) is 5.82 Å². The molecule has 1 fully saturated rings. The first-order valence-electron chi connectivity index (χ1n) is 7.82. The van der Waals surface area contributed by atoms with Crippen molar-refractivity contribution in [2.24, 2.45) is 7.05 Å². The van der Waals surface area contributed by atoms with E-state index < -0.39 is 0 Å². The minimum atomic E-state index is 0.505. The van der Waals surface area contributed by atoms with Gasteiger partial charge in [-0.2, -0.15) is 5.10 Å². The van der Waals surface area contributed by atoms with Crippen LogP contribution in [0.1, 0.15) is 39.3 Å². The Bertz CT molecular complexity index is 457. The van der Waals surface area contributed by atoms with E-state index >= 15 is 0 Å². The molecule has 0 aliphatic carbocycles. The first-order valence-corrected chi connectivity index (χ1v) is 8.79. The quantitative estimate of drug-likeness (QED) is 0.604. The Morgan fingerprint density at radius 2 is 2.05 bits per heavy atom. The van der Waals surface area contributed by atoms with Gasteiger partial charge in [0.2, 0.25) is 0 Å². The molecule has 1 saturated heterocycles. The van der Waals surface area contributed by atoms with E-state index in [1.165, 1.54) is 5.69 Å². The van der Waals surface area contributed by atoms with E-state index in [1.54, 1.807) is 0 Å². The molecule has 6 heteroatoms. The van der Waals surface area contributed by atoms with Crippen LogP contribution in [0, 0.1) is 0 Å². The molecular formula is C15H28IN5. The summed E-state index contributed by atoms with van der Waals surface area (Å²) in [5.74, 6) is 1.50. The summed E-state index contributed by atoms with van der Waals surface area (Å²) in [5.41, 5.74) is 1.27. The van der Waals surface area contributed by atoms with E-state index in [0.29, 0.717) is 18.0 Å². The maximum Gasteiger partial charge on any atom is 0.148 e. The lowest BCUT2D eigenvalue weighted by Crippen LogP contribution is -2.53. The zero-order valence-electron chi connectivity index (χ0n) is 13.8. The molecule has 1 aliphatic heterocycles. The molecule has 1 aliphatic rings. The van der Waals surface area contributed by atoms with Crippen LogP contribution < -0.4 is 5.32 Å². The molecule has 2 heterocycles. The molecular weight excluding hydrogens is 377 g/mol. The summed E-state index contributed by atoms with van der Waals surface area (Å²) in [5, 5.41) is 8.08. The van der Waals surface area contributed by atoms with Crippen LogP contribution in [0.2, 0.25) is 0 Å². The lowest BCUT2D eigenvalue weighted by atomic mass is 10.1. The van der Waals surface area contributed by atoms with Crippen LogP contribution >= 0.6 is 22.9 Å². The number of aromatic nitrogens is 2. The zero-order chi connectivity index (χ0) is 15.6. The summed E-state index contributed by atoms with van der Waals surface area (Å²) < 4.78 is 4.41. The third-order valence-electron chi connectivity index (χ3n) is 4.20. The van der Waals surface area contributed by atoms with Crippen molar-refractivity contribution in [1.82, 2.24) is 17.8 Å². The van der Waals surface area contributed by atoms with Crippen LogP contribution in [-0.2, 0) is 7.05 Å². The molecule has 1 aromatic rings. The molecule has 1 N–H and O–H groups in total. The van der Waals surface area contributed by atoms with Crippen LogP contribution in [0.3, 0.4) is 0 Å². The number of piperazine rings is 1. The van der Waals surface area contributed by atoms with Crippen molar-refractivity contribution >= 4 is 28.7 Å². The molecule has 0 spiro atoms. The molecule has 1 aromatic heterocycles. The second-order valence-corrected chi connectivity index (χ2v) is 7.72. The molecule has 0 bridgehead atoms. The van der Waals surface area contributed by atoms with Crippen LogP contribution in [0.5, 0.6) is 0 Å². The van der Waals surface area contributed by atoms with Gasteiger partial charge >= 0.3 is 0 Å². The van der Waals surface area contributed by atoms with Gasteiger partial charge in [0.25, 0.3) is 0 Å². The monoisotopic (exact) mass is 405 g/mol. The summed E-state index contributed by atoms with van der Waals surface area (Å²) in [6.07, 6.45) is 0. The molecule has 5 nitrogen and oxygen atoms in total. The highest BCUT2D eigenvalue weighted by atomic mass is 127. The molecule has 1 atom stereocenters. The SMILES string of the molecule is CC(C)c1cc(NCC2CN(C(C)C)CCN2I)nn1C. The normalized spacial score (nSPS) is 21.4. The van der Waals surface area contributed by atoms with Gasteiger partial charge in [-0.05, 0) is 19.8 Å². The predicted octanol–water partition coefficient (Wildman–Crippen LogP) is 2.70. The summed E-state index contributed by atoms with van der Waals surface area (Å²) in [4.78, 5) is 2.56. The van der Waals surface area contributed by atoms with Gasteiger partial charge in [-0.25, -0.2) is 3.11 Å². The van der Waals surface area contributed by atoms with Gasteiger partial charge in [-0.3, -0.25) is 9.58 Å². The van der Waals surface area contributed by atoms with Crippen molar-refractivity contribution in [2.45, 2.75) is 45.7 Å². The van der Waals surface area contributed by atoms with Crippen LogP contribution in [0.15, 0.2) is 6.07 Å². The second kappa shape index (κ2) is 7.28. The first kappa shape index (κ1) is 17.0. The van der Waals surface area contributed by atoms with Gasteiger partial charge in [0.05, 0.1) is 0 Å². The topological polar surface area (TPSA) is 36.3 Å². The van der Waals surface area contributed by atoms with Crippen LogP contribution in [-0.4, -0.2) is 56.1 Å². The number of nitrogens with zero attached hydrogens (tertiary/aromatic N) is 4. The lowest BCUT2D eigenvalue weighted by molar-refractivity contribution is 0.129. The number of hydrogen-bond acceptors (Lipinski definition) is 4. The highest BCUT2D eigenvalue weighted by molar-refractivity contribution is 14.1. The third-order valence-corrected chi connectivity index (χ3v) is 5.47. The Morgan fingerprint density at radius 1 is 1.33 bits per heavy atom. The summed E-state index contributed by atoms with van der Waals surface area (Å²) in [6, 6.07) is 3.33. The van der Waals surface area contributed by atoms with Crippen molar-refractivity contribution in [3.05, 3.63) is 11.8 Å². The van der Waals surface area contributed by atoms with Crippen molar-refractivity contribution in [3.8, 4) is 0 Å². The van der Waals surface area contributed by atoms with E-state index in [4.69, 9.17) is 0 Å². The van der Waals surface area contributed by atoms with Gasteiger partial charge in [0, 0.05) is 79.9 Å². The molecule has 21 heavy (non-hydrogen) atoms. The number of rotatable bonds is 5. The molecule has 0 amide bonds. The van der Waals surface area contributed by atoms with Crippen molar-refractivity contribution < 1.29 is 0 Å². The summed E-state index contributed by atoms with van der Waals surface area (Å²) in [6.45, 7) is 13.3. The van der Waals surface area contributed by atoms with Gasteiger partial charge in [0.15, 0.2) is 0 Å². The number of anilines is 1. The Balaban J connectivity index is 1.93. The number of aryl methyl sites for hydroxylation is 1. The first-order chi connectivity index (χ1) is 9.88. The molecule has 0 saturated carbocycles. The molecule has 2 rings (SSSR count). The van der Waals surface area contributed by atoms with E-state index in [1.807, 2.05) is 11.7 Å². The molecule has 0 radical (unpaired) electrons. The minimum Gasteiger partial charge on any atom is -0.367 e. The van der Waals surface area contributed by atoms with Gasteiger partial charge in [0.1, 0.15) is 5.82 Å². The van der Waals surface area contributed by atoms with Gasteiger partial charge in [-0.1, -0.05) is 13.8 Å². The zero-order valence-corrected chi connectivity index (χ0v) is 16.0. The van der Waals surface area contributed by atoms with Crippen molar-refractivity contribution in [2.75, 3.05) is 31.5 Å². The smallest absolute Gasteiger partial charge is 0.148 e. The maximum absolute atomic E-state index is 4.57. The Labute approximate surface area is 142 Å². The van der Waals surface area contributed by atoms with Gasteiger partial charge in [-0.15, -0.1) is 0 Å². The Morgan fingerprint density at radius 3 is 2.62 bits per heavy atom. The standard InChI is InChI=1S/C15H28IN5/c1-11(2)14-8-15(18-19(14)5)17-9-13-10-20(12(3)4)6-7-21(13)16/h8,11-13H,6-7,9-10H2,1-5H3,(H,17,18). The number of hydrogen-bond donors (Lipinski definition) is 1. The fourth-order valence-electron chi connectivity index (χ4n) is 2.82. The average Bonchev–Trinajstić information content (AvgIpc) is 2.79. The fourth-order valence-corrected chi connectivity index (χ4v) is 3.41. The highest BCUT2D eigenvalue weighted by Gasteiger charge is 2.26. The molecule has 120 valence electrons. The number of halogens is 1. The molecule has 0 aromatic carbocycles. The predicted molar refractivity (Wildman–Crippen MR) is 97.0 cm³/mol. The second-order valence-electron chi connectivity index (χ2n) is 6.48. The van der Waals surface area contributed by atoms with E-state index in [9.17, 15) is 0 Å². The lowest BCUT2D eigenvalue weighted by Gasteiger charge is -2.40. The van der Waals surface area contributed by atoms with E-state index in [2.05, 4.69) is 75.1 Å². The van der Waals surface area contributed by atoms with E-state index in [-0.39, 0.29) is 0 Å². The van der Waals surface area contributed by atoms with E-state index in [0.717, 1.165) is 32.0 Å². The van der Waals surface area contributed by atoms with Crippen molar-refractivity contribution in [3.63, 3.8) is 0 Å². The Kier molecular flexibility index (Phi) is 5.90. The fraction of sp³-hybridized carbons (Fsp3) is 0.800. The Hall–Kier alpha value is -0.340.